The lowest BCUT2D eigenvalue weighted by Crippen LogP contribution is -2.53. The number of amides is 1. The molecule has 1 atom stereocenters. The molecule has 0 saturated carbocycles. The molecule has 0 radical (unpaired) electrons. The van der Waals surface area contributed by atoms with Gasteiger partial charge in [0.05, 0.1) is 13.2 Å². The molecule has 0 bridgehead atoms. The summed E-state index contributed by atoms with van der Waals surface area (Å²) in [4.78, 5) is 16.9. The average Bonchev–Trinajstić information content (AvgIpc) is 2.72. The van der Waals surface area contributed by atoms with Crippen LogP contribution in [0.3, 0.4) is 0 Å². The highest BCUT2D eigenvalue weighted by atomic mass is 19.1. The summed E-state index contributed by atoms with van der Waals surface area (Å²) in [6.45, 7) is 5.69. The Balaban J connectivity index is 1.47. The summed E-state index contributed by atoms with van der Waals surface area (Å²) in [5.41, 5.74) is 2.06. The summed E-state index contributed by atoms with van der Waals surface area (Å²) < 4.78 is 18.2. The minimum Gasteiger partial charge on any atom is -0.497 e. The van der Waals surface area contributed by atoms with Crippen molar-refractivity contribution in [3.05, 3.63) is 59.9 Å². The number of hydrogen-bond donors (Lipinski definition) is 1. The molecule has 0 spiro atoms. The van der Waals surface area contributed by atoms with Crippen molar-refractivity contribution in [1.82, 2.24) is 10.2 Å². The van der Waals surface area contributed by atoms with Crippen molar-refractivity contribution in [2.24, 2.45) is 0 Å². The molecule has 27 heavy (non-hydrogen) atoms. The van der Waals surface area contributed by atoms with Crippen LogP contribution in [0.2, 0.25) is 0 Å². The minimum absolute atomic E-state index is 0.0288. The van der Waals surface area contributed by atoms with E-state index in [4.69, 9.17) is 4.74 Å². The summed E-state index contributed by atoms with van der Waals surface area (Å²) in [5, 5.41) is 3.01. The predicted octanol–water partition coefficient (Wildman–Crippen LogP) is 2.66. The summed E-state index contributed by atoms with van der Waals surface area (Å²) in [5.74, 6) is 0.609. The number of piperazine rings is 1. The Hall–Kier alpha value is -2.60. The number of ether oxygens (including phenoxy) is 1. The molecule has 0 unspecified atom stereocenters. The Kier molecular flexibility index (Phi) is 6.29. The molecule has 2 aromatic rings. The largest absolute Gasteiger partial charge is 0.497 e. The van der Waals surface area contributed by atoms with Crippen molar-refractivity contribution in [3.8, 4) is 5.75 Å². The average molecular weight is 371 g/mol. The van der Waals surface area contributed by atoms with Crippen molar-refractivity contribution >= 4 is 11.6 Å². The smallest absolute Gasteiger partial charge is 0.237 e. The third kappa shape index (κ3) is 4.98. The number of carbonyl (C=O) groups is 1. The Labute approximate surface area is 159 Å². The van der Waals surface area contributed by atoms with Gasteiger partial charge in [-0.05, 0) is 48.9 Å². The first-order chi connectivity index (χ1) is 13.1. The quantitative estimate of drug-likeness (QED) is 0.848. The molecule has 5 nitrogen and oxygen atoms in total. The molecule has 0 aromatic heterocycles. The highest BCUT2D eigenvalue weighted by Crippen LogP contribution is 2.18. The van der Waals surface area contributed by atoms with Gasteiger partial charge in [0, 0.05) is 38.4 Å². The molecule has 1 amide bonds. The van der Waals surface area contributed by atoms with Crippen molar-refractivity contribution in [3.63, 3.8) is 0 Å². The van der Waals surface area contributed by atoms with Gasteiger partial charge in [0.2, 0.25) is 5.91 Å². The lowest BCUT2D eigenvalue weighted by Gasteiger charge is -2.38. The number of nitrogens with one attached hydrogen (secondary N) is 1. The lowest BCUT2D eigenvalue weighted by atomic mass is 10.1. The van der Waals surface area contributed by atoms with Gasteiger partial charge in [-0.25, -0.2) is 4.39 Å². The number of nitrogens with zero attached hydrogens (tertiary/aromatic N) is 2. The van der Waals surface area contributed by atoms with E-state index in [9.17, 15) is 9.18 Å². The molecule has 6 heteroatoms. The van der Waals surface area contributed by atoms with Crippen LogP contribution in [-0.2, 0) is 11.3 Å². The third-order valence-electron chi connectivity index (χ3n) is 5.06. The highest BCUT2D eigenvalue weighted by Gasteiger charge is 2.25. The molecule has 1 fully saturated rings. The van der Waals surface area contributed by atoms with Crippen LogP contribution in [0.1, 0.15) is 12.5 Å². The summed E-state index contributed by atoms with van der Waals surface area (Å²) in [7, 11) is 1.63. The molecule has 1 heterocycles. The van der Waals surface area contributed by atoms with Crippen molar-refractivity contribution in [2.45, 2.75) is 19.5 Å². The van der Waals surface area contributed by atoms with E-state index in [0.29, 0.717) is 6.54 Å². The fourth-order valence-corrected chi connectivity index (χ4v) is 3.27. The Morgan fingerprint density at radius 3 is 2.30 bits per heavy atom. The third-order valence-corrected chi connectivity index (χ3v) is 5.06. The number of rotatable bonds is 6. The monoisotopic (exact) mass is 371 g/mol. The summed E-state index contributed by atoms with van der Waals surface area (Å²) >= 11 is 0. The number of benzene rings is 2. The van der Waals surface area contributed by atoms with Crippen LogP contribution in [0.5, 0.6) is 5.75 Å². The Bertz CT molecular complexity index is 741. The molecule has 0 aliphatic carbocycles. The van der Waals surface area contributed by atoms with Crippen molar-refractivity contribution in [1.29, 1.82) is 0 Å². The van der Waals surface area contributed by atoms with Crippen LogP contribution in [0.4, 0.5) is 10.1 Å². The maximum Gasteiger partial charge on any atom is 0.237 e. The number of hydrogen-bond acceptors (Lipinski definition) is 4. The van der Waals surface area contributed by atoms with E-state index in [2.05, 4.69) is 15.1 Å². The maximum atomic E-state index is 13.1. The number of methoxy groups -OCH3 is 1. The maximum absolute atomic E-state index is 13.1. The van der Waals surface area contributed by atoms with Gasteiger partial charge in [-0.15, -0.1) is 0 Å². The van der Waals surface area contributed by atoms with E-state index in [1.807, 2.05) is 31.2 Å². The first-order valence-electron chi connectivity index (χ1n) is 9.22. The topological polar surface area (TPSA) is 44.8 Å². The zero-order valence-electron chi connectivity index (χ0n) is 15.8. The molecule has 1 aliphatic heterocycles. The van der Waals surface area contributed by atoms with E-state index in [1.165, 1.54) is 12.1 Å². The van der Waals surface area contributed by atoms with Gasteiger partial charge >= 0.3 is 0 Å². The molecule has 2 aromatic carbocycles. The second kappa shape index (κ2) is 8.86. The first-order valence-corrected chi connectivity index (χ1v) is 9.22. The van der Waals surface area contributed by atoms with Gasteiger partial charge in [-0.3, -0.25) is 9.69 Å². The molecular formula is C21H26FN3O2. The van der Waals surface area contributed by atoms with E-state index >= 15 is 0 Å². The molecule has 1 saturated heterocycles. The zero-order valence-corrected chi connectivity index (χ0v) is 15.8. The fraction of sp³-hybridized carbons (Fsp3) is 0.381. The molecular weight excluding hydrogens is 345 g/mol. The lowest BCUT2D eigenvalue weighted by molar-refractivity contribution is -0.126. The molecule has 144 valence electrons. The van der Waals surface area contributed by atoms with Crippen LogP contribution >= 0.6 is 0 Å². The standard InChI is InChI=1S/C21H26FN3O2/c1-16(21(26)23-15-17-3-9-20(27-2)10-4-17)24-11-13-25(14-12-24)19-7-5-18(22)6-8-19/h3-10,16H,11-15H2,1-2H3,(H,23,26)/t16-/m0/s1. The number of anilines is 1. The second-order valence-corrected chi connectivity index (χ2v) is 6.74. The van der Waals surface area contributed by atoms with Crippen LogP contribution < -0.4 is 15.0 Å². The number of halogens is 1. The van der Waals surface area contributed by atoms with Crippen LogP contribution in [0, 0.1) is 5.82 Å². The zero-order chi connectivity index (χ0) is 19.2. The Morgan fingerprint density at radius 1 is 1.07 bits per heavy atom. The second-order valence-electron chi connectivity index (χ2n) is 6.74. The highest BCUT2D eigenvalue weighted by molar-refractivity contribution is 5.81. The van der Waals surface area contributed by atoms with Gasteiger partial charge in [0.1, 0.15) is 11.6 Å². The SMILES string of the molecule is COc1ccc(CNC(=O)[C@H](C)N2CCN(c3ccc(F)cc3)CC2)cc1. The fourth-order valence-electron chi connectivity index (χ4n) is 3.27. The van der Waals surface area contributed by atoms with E-state index in [0.717, 1.165) is 43.2 Å². The molecule has 3 rings (SSSR count). The van der Waals surface area contributed by atoms with Gasteiger partial charge in [0.25, 0.3) is 0 Å². The van der Waals surface area contributed by atoms with Gasteiger partial charge < -0.3 is 15.0 Å². The van der Waals surface area contributed by atoms with Gasteiger partial charge in [-0.1, -0.05) is 12.1 Å². The van der Waals surface area contributed by atoms with Crippen molar-refractivity contribution < 1.29 is 13.9 Å². The van der Waals surface area contributed by atoms with E-state index in [1.54, 1.807) is 19.2 Å². The minimum atomic E-state index is -0.223. The summed E-state index contributed by atoms with van der Waals surface area (Å²) in [6.07, 6.45) is 0. The van der Waals surface area contributed by atoms with Gasteiger partial charge in [-0.2, -0.15) is 0 Å². The Morgan fingerprint density at radius 2 is 1.70 bits per heavy atom. The predicted molar refractivity (Wildman–Crippen MR) is 104 cm³/mol. The van der Waals surface area contributed by atoms with E-state index in [-0.39, 0.29) is 17.8 Å². The molecule has 1 aliphatic rings. The summed E-state index contributed by atoms with van der Waals surface area (Å²) in [6, 6.07) is 14.1. The normalized spacial score (nSPS) is 16.0. The number of carbonyl (C=O) groups excluding carboxylic acids is 1. The van der Waals surface area contributed by atoms with Crippen molar-refractivity contribution in [2.75, 3.05) is 38.2 Å². The van der Waals surface area contributed by atoms with E-state index < -0.39 is 0 Å². The van der Waals surface area contributed by atoms with Gasteiger partial charge in [0.15, 0.2) is 0 Å². The van der Waals surface area contributed by atoms with Crippen LogP contribution in [0.25, 0.3) is 0 Å². The first kappa shape index (κ1) is 19.2. The molecule has 1 N–H and O–H groups in total. The van der Waals surface area contributed by atoms with Crippen LogP contribution in [0.15, 0.2) is 48.5 Å². The van der Waals surface area contributed by atoms with Crippen LogP contribution in [-0.4, -0.2) is 50.1 Å².